The summed E-state index contributed by atoms with van der Waals surface area (Å²) in [5.41, 5.74) is 1.28. The molecule has 1 aromatic carbocycles. The Hall–Kier alpha value is -2.38. The van der Waals surface area contributed by atoms with Gasteiger partial charge in [-0.25, -0.2) is 14.8 Å². The number of nitrogens with zero attached hydrogens (tertiary/aromatic N) is 3. The number of methoxy groups -OCH3 is 1. The van der Waals surface area contributed by atoms with Crippen molar-refractivity contribution in [3.63, 3.8) is 0 Å². The van der Waals surface area contributed by atoms with Crippen LogP contribution in [-0.4, -0.2) is 23.0 Å². The number of carbonyl (C=O) groups is 1. The summed E-state index contributed by atoms with van der Waals surface area (Å²) >= 11 is 18.2. The quantitative estimate of drug-likeness (QED) is 0.488. The third-order valence-corrected chi connectivity index (χ3v) is 4.21. The molecule has 0 saturated heterocycles. The lowest BCUT2D eigenvalue weighted by atomic mass is 10.2. The second kappa shape index (κ2) is 7.94. The maximum absolute atomic E-state index is 10.9. The molecule has 0 atom stereocenters. The van der Waals surface area contributed by atoms with Gasteiger partial charge in [-0.2, -0.15) is 10.4 Å². The molecule has 0 radical (unpaired) electrons. The van der Waals surface area contributed by atoms with Crippen molar-refractivity contribution in [2.45, 2.75) is 6.42 Å². The van der Waals surface area contributed by atoms with E-state index >= 15 is 0 Å². The van der Waals surface area contributed by atoms with E-state index in [9.17, 15) is 10.1 Å². The standard InChI is InChI=1S/C15H9Cl3N4O2/c1-24-15(23)20-6-2-3-11-9(7-19)8-21-22(11)12-5-4-10(16)13(17)14(12)18/h4-5,8H,3H2,1H3,(H,20,23). The number of aromatic nitrogens is 2. The lowest BCUT2D eigenvalue weighted by Crippen LogP contribution is -2.16. The second-order valence-corrected chi connectivity index (χ2v) is 5.48. The number of ether oxygens (including phenoxy) is 1. The molecule has 0 spiro atoms. The van der Waals surface area contributed by atoms with Crippen LogP contribution in [0.25, 0.3) is 5.69 Å². The van der Waals surface area contributed by atoms with Gasteiger partial charge in [0.15, 0.2) is 0 Å². The van der Waals surface area contributed by atoms with Crippen molar-refractivity contribution in [1.29, 1.82) is 5.26 Å². The summed E-state index contributed by atoms with van der Waals surface area (Å²) < 4.78 is 5.85. The van der Waals surface area contributed by atoms with E-state index in [1.807, 2.05) is 6.07 Å². The number of hydrogen-bond donors (Lipinski definition) is 1. The molecular formula is C15H9Cl3N4O2. The Morgan fingerprint density at radius 2 is 2.12 bits per heavy atom. The number of nitrogens with one attached hydrogen (secondary N) is 1. The van der Waals surface area contributed by atoms with Crippen LogP contribution in [0.15, 0.2) is 18.3 Å². The molecule has 0 unspecified atom stereocenters. The highest BCUT2D eigenvalue weighted by molar-refractivity contribution is 6.48. The SMILES string of the molecule is COC(=O)NC#CCc1c(C#N)cnn1-c1ccc(Cl)c(Cl)c1Cl. The van der Waals surface area contributed by atoms with Gasteiger partial charge >= 0.3 is 6.09 Å². The summed E-state index contributed by atoms with van der Waals surface area (Å²) in [7, 11) is 1.23. The summed E-state index contributed by atoms with van der Waals surface area (Å²) in [5, 5.41) is 16.3. The van der Waals surface area contributed by atoms with Crippen molar-refractivity contribution in [2.24, 2.45) is 0 Å². The van der Waals surface area contributed by atoms with Crippen molar-refractivity contribution in [1.82, 2.24) is 15.1 Å². The first-order valence-electron chi connectivity index (χ1n) is 6.42. The highest BCUT2D eigenvalue weighted by atomic mass is 35.5. The third-order valence-electron chi connectivity index (χ3n) is 2.93. The van der Waals surface area contributed by atoms with E-state index in [0.29, 0.717) is 22.0 Å². The zero-order chi connectivity index (χ0) is 17.7. The number of alkyl carbamates (subject to hydrolysis) is 1. The highest BCUT2D eigenvalue weighted by Crippen LogP contribution is 2.35. The molecule has 2 rings (SSSR count). The Balaban J connectivity index is 2.40. The molecule has 0 saturated carbocycles. The molecule has 9 heteroatoms. The molecule has 0 aliphatic carbocycles. The molecule has 0 aliphatic heterocycles. The van der Waals surface area contributed by atoms with E-state index in [1.165, 1.54) is 18.0 Å². The molecule has 0 aliphatic rings. The number of rotatable bonds is 2. The van der Waals surface area contributed by atoms with Crippen LogP contribution in [0, 0.1) is 23.3 Å². The summed E-state index contributed by atoms with van der Waals surface area (Å²) in [6, 6.07) is 7.67. The summed E-state index contributed by atoms with van der Waals surface area (Å²) in [5.74, 6) is 2.71. The minimum absolute atomic E-state index is 0.142. The maximum Gasteiger partial charge on any atom is 0.418 e. The van der Waals surface area contributed by atoms with E-state index in [0.717, 1.165) is 0 Å². The third kappa shape index (κ3) is 3.74. The highest BCUT2D eigenvalue weighted by Gasteiger charge is 2.16. The number of halogens is 3. The minimum atomic E-state index is -0.677. The van der Waals surface area contributed by atoms with Crippen molar-refractivity contribution >= 4 is 40.9 Å². The first-order valence-corrected chi connectivity index (χ1v) is 7.55. The Labute approximate surface area is 152 Å². The van der Waals surface area contributed by atoms with Crippen molar-refractivity contribution in [3.8, 4) is 23.7 Å². The van der Waals surface area contributed by atoms with Crippen LogP contribution < -0.4 is 5.32 Å². The second-order valence-electron chi connectivity index (χ2n) is 4.32. The van der Waals surface area contributed by atoms with Gasteiger partial charge in [-0.05, 0) is 12.1 Å². The van der Waals surface area contributed by atoms with Gasteiger partial charge in [0, 0.05) is 6.04 Å². The summed E-state index contributed by atoms with van der Waals surface area (Å²) in [6.45, 7) is 0. The Bertz CT molecular complexity index is 891. The molecule has 1 heterocycles. The molecule has 1 N–H and O–H groups in total. The summed E-state index contributed by atoms with van der Waals surface area (Å²) in [4.78, 5) is 10.9. The van der Waals surface area contributed by atoms with Gasteiger partial charge < -0.3 is 4.74 Å². The van der Waals surface area contributed by atoms with Crippen molar-refractivity contribution < 1.29 is 9.53 Å². The van der Waals surface area contributed by atoms with Gasteiger partial charge in [-0.1, -0.05) is 40.7 Å². The normalized spacial score (nSPS) is 9.62. The minimum Gasteiger partial charge on any atom is -0.452 e. The van der Waals surface area contributed by atoms with Gasteiger partial charge in [0.2, 0.25) is 0 Å². The lowest BCUT2D eigenvalue weighted by Gasteiger charge is -2.10. The number of hydrogen-bond acceptors (Lipinski definition) is 4. The molecule has 1 aromatic heterocycles. The lowest BCUT2D eigenvalue weighted by molar-refractivity contribution is 0.176. The van der Waals surface area contributed by atoms with E-state index in [4.69, 9.17) is 34.8 Å². The number of benzene rings is 1. The number of nitriles is 1. The van der Waals surface area contributed by atoms with Gasteiger partial charge in [0.1, 0.15) is 6.07 Å². The molecule has 6 nitrogen and oxygen atoms in total. The van der Waals surface area contributed by atoms with Crippen molar-refractivity contribution in [2.75, 3.05) is 7.11 Å². The van der Waals surface area contributed by atoms with Crippen LogP contribution in [0.4, 0.5) is 4.79 Å². The Morgan fingerprint density at radius 3 is 2.79 bits per heavy atom. The van der Waals surface area contributed by atoms with Gasteiger partial charge in [0.05, 0.1) is 51.7 Å². The van der Waals surface area contributed by atoms with E-state index < -0.39 is 6.09 Å². The first kappa shape index (κ1) is 18.0. The predicted octanol–water partition coefficient (Wildman–Crippen LogP) is 3.56. The first-order chi connectivity index (χ1) is 11.5. The fraction of sp³-hybridized carbons (Fsp3) is 0.133. The van der Waals surface area contributed by atoms with Crippen LogP contribution >= 0.6 is 34.8 Å². The van der Waals surface area contributed by atoms with E-state index in [2.05, 4.69) is 27.1 Å². The molecule has 0 bridgehead atoms. The van der Waals surface area contributed by atoms with Crippen LogP contribution in [-0.2, 0) is 11.2 Å². The zero-order valence-electron chi connectivity index (χ0n) is 12.2. The van der Waals surface area contributed by atoms with Crippen LogP contribution in [0.3, 0.4) is 0 Å². The van der Waals surface area contributed by atoms with Crippen LogP contribution in [0.2, 0.25) is 15.1 Å². The smallest absolute Gasteiger partial charge is 0.418 e. The average Bonchev–Trinajstić information content (AvgIpc) is 2.99. The topological polar surface area (TPSA) is 79.9 Å². The van der Waals surface area contributed by atoms with Gasteiger partial charge in [0.25, 0.3) is 0 Å². The Morgan fingerprint density at radius 1 is 1.38 bits per heavy atom. The Kier molecular flexibility index (Phi) is 5.94. The summed E-state index contributed by atoms with van der Waals surface area (Å²) in [6.07, 6.45) is 0.858. The average molecular weight is 384 g/mol. The number of amides is 1. The van der Waals surface area contributed by atoms with Gasteiger partial charge in [-0.3, -0.25) is 0 Å². The van der Waals surface area contributed by atoms with Gasteiger partial charge in [-0.15, -0.1) is 0 Å². The maximum atomic E-state index is 10.9. The number of carbonyl (C=O) groups excluding carboxylic acids is 1. The fourth-order valence-electron chi connectivity index (χ4n) is 1.80. The monoisotopic (exact) mass is 382 g/mol. The molecule has 24 heavy (non-hydrogen) atoms. The van der Waals surface area contributed by atoms with E-state index in [1.54, 1.807) is 12.1 Å². The molecule has 2 aromatic rings. The van der Waals surface area contributed by atoms with Crippen LogP contribution in [0.1, 0.15) is 11.3 Å². The van der Waals surface area contributed by atoms with Crippen LogP contribution in [0.5, 0.6) is 0 Å². The molecule has 0 fully saturated rings. The predicted molar refractivity (Wildman–Crippen MR) is 90.3 cm³/mol. The van der Waals surface area contributed by atoms with E-state index in [-0.39, 0.29) is 16.5 Å². The zero-order valence-corrected chi connectivity index (χ0v) is 14.5. The molecule has 122 valence electrons. The van der Waals surface area contributed by atoms with Crippen molar-refractivity contribution in [3.05, 3.63) is 44.7 Å². The largest absolute Gasteiger partial charge is 0.452 e. The fourth-order valence-corrected chi connectivity index (χ4v) is 2.41. The molecular weight excluding hydrogens is 375 g/mol. The molecule has 1 amide bonds.